The molecule has 2 rings (SSSR count). The maximum absolute atomic E-state index is 11.0. The first-order chi connectivity index (χ1) is 7.77. The number of carboxylic acids is 1. The minimum Gasteiger partial charge on any atom is -0.489 e. The molecule has 0 aromatic heterocycles. The van der Waals surface area contributed by atoms with Crippen LogP contribution in [0, 0.1) is 0 Å². The van der Waals surface area contributed by atoms with Crippen molar-refractivity contribution in [2.24, 2.45) is 0 Å². The monoisotopic (exact) mass is 257 g/mol. The molecule has 1 fully saturated rings. The molecular weight excluding hydrogens is 242 g/mol. The first-order valence-corrected chi connectivity index (χ1v) is 5.47. The van der Waals surface area contributed by atoms with Gasteiger partial charge >= 0.3 is 5.97 Å². The van der Waals surface area contributed by atoms with E-state index in [2.05, 4.69) is 5.32 Å². The normalized spacial score (nSPS) is 16.0. The molecule has 2 N–H and O–H groups in total. The van der Waals surface area contributed by atoms with E-state index in [1.807, 2.05) is 0 Å². The first kappa shape index (κ1) is 13.8. The van der Waals surface area contributed by atoms with Gasteiger partial charge in [0.15, 0.2) is 0 Å². The predicted octanol–water partition coefficient (Wildman–Crippen LogP) is 1.94. The van der Waals surface area contributed by atoms with Crippen molar-refractivity contribution in [1.29, 1.82) is 0 Å². The smallest absolute Gasteiger partial charge is 0.339 e. The SMILES string of the molecule is Cl.O=C(O)c1ccccc1OC1CCNCC1. The molecule has 1 aliphatic heterocycles. The lowest BCUT2D eigenvalue weighted by atomic mass is 10.1. The van der Waals surface area contributed by atoms with Gasteiger partial charge in [-0.05, 0) is 38.1 Å². The zero-order valence-electron chi connectivity index (χ0n) is 9.39. The van der Waals surface area contributed by atoms with Crippen LogP contribution < -0.4 is 10.1 Å². The van der Waals surface area contributed by atoms with Crippen molar-refractivity contribution in [2.75, 3.05) is 13.1 Å². The second kappa shape index (κ2) is 6.47. The van der Waals surface area contributed by atoms with Gasteiger partial charge in [-0.3, -0.25) is 0 Å². The highest BCUT2D eigenvalue weighted by Crippen LogP contribution is 2.21. The summed E-state index contributed by atoms with van der Waals surface area (Å²) in [5.74, 6) is -0.466. The number of rotatable bonds is 3. The summed E-state index contributed by atoms with van der Waals surface area (Å²) in [6, 6.07) is 6.78. The van der Waals surface area contributed by atoms with Gasteiger partial charge in [-0.15, -0.1) is 12.4 Å². The summed E-state index contributed by atoms with van der Waals surface area (Å²) in [4.78, 5) is 11.0. The zero-order chi connectivity index (χ0) is 11.4. The van der Waals surface area contributed by atoms with Crippen LogP contribution in [0.1, 0.15) is 23.2 Å². The summed E-state index contributed by atoms with van der Waals surface area (Å²) in [6.45, 7) is 1.86. The van der Waals surface area contributed by atoms with Crippen molar-refractivity contribution in [3.63, 3.8) is 0 Å². The highest BCUT2D eigenvalue weighted by molar-refractivity contribution is 5.90. The van der Waals surface area contributed by atoms with Gasteiger partial charge in [0.2, 0.25) is 0 Å². The molecule has 5 heteroatoms. The molecule has 0 bridgehead atoms. The number of carboxylic acid groups (broad SMARTS) is 1. The Hall–Kier alpha value is -1.26. The molecule has 0 radical (unpaired) electrons. The number of para-hydroxylation sites is 1. The van der Waals surface area contributed by atoms with Crippen LogP contribution in [0.3, 0.4) is 0 Å². The molecule has 1 aliphatic rings. The fraction of sp³-hybridized carbons (Fsp3) is 0.417. The molecule has 1 aromatic rings. The van der Waals surface area contributed by atoms with Gasteiger partial charge in [0.25, 0.3) is 0 Å². The lowest BCUT2D eigenvalue weighted by molar-refractivity contribution is 0.0687. The summed E-state index contributed by atoms with van der Waals surface area (Å²) in [5.41, 5.74) is 0.237. The van der Waals surface area contributed by atoms with Crippen molar-refractivity contribution in [1.82, 2.24) is 5.32 Å². The third-order valence-electron chi connectivity index (χ3n) is 2.70. The summed E-state index contributed by atoms with van der Waals surface area (Å²) >= 11 is 0. The number of piperidine rings is 1. The van der Waals surface area contributed by atoms with E-state index < -0.39 is 5.97 Å². The number of ether oxygens (including phenoxy) is 1. The minimum absolute atomic E-state index is 0. The van der Waals surface area contributed by atoms with Gasteiger partial charge in [0.1, 0.15) is 17.4 Å². The van der Waals surface area contributed by atoms with Crippen LogP contribution in [-0.4, -0.2) is 30.3 Å². The van der Waals surface area contributed by atoms with Crippen molar-refractivity contribution in [3.05, 3.63) is 29.8 Å². The number of hydrogen-bond acceptors (Lipinski definition) is 3. The van der Waals surface area contributed by atoms with Crippen LogP contribution in [0.2, 0.25) is 0 Å². The summed E-state index contributed by atoms with van der Waals surface area (Å²) in [6.07, 6.45) is 1.98. The average molecular weight is 258 g/mol. The minimum atomic E-state index is -0.940. The molecule has 0 amide bonds. The highest BCUT2D eigenvalue weighted by atomic mass is 35.5. The van der Waals surface area contributed by atoms with E-state index in [1.165, 1.54) is 0 Å². The van der Waals surface area contributed by atoms with Crippen molar-refractivity contribution in [3.8, 4) is 5.75 Å². The first-order valence-electron chi connectivity index (χ1n) is 5.47. The van der Waals surface area contributed by atoms with E-state index in [4.69, 9.17) is 9.84 Å². The molecule has 1 aromatic carbocycles. The third kappa shape index (κ3) is 3.61. The second-order valence-corrected chi connectivity index (χ2v) is 3.87. The Kier molecular flexibility index (Phi) is 5.25. The van der Waals surface area contributed by atoms with Crippen LogP contribution in [0.5, 0.6) is 5.75 Å². The maximum atomic E-state index is 11.0. The van der Waals surface area contributed by atoms with Gasteiger partial charge in [0, 0.05) is 0 Å². The summed E-state index contributed by atoms with van der Waals surface area (Å²) in [5, 5.41) is 12.2. The molecule has 0 aliphatic carbocycles. The predicted molar refractivity (Wildman–Crippen MR) is 67.2 cm³/mol. The molecule has 1 saturated heterocycles. The largest absolute Gasteiger partial charge is 0.489 e. The van der Waals surface area contributed by atoms with Crippen LogP contribution in [0.15, 0.2) is 24.3 Å². The van der Waals surface area contributed by atoms with E-state index >= 15 is 0 Å². The van der Waals surface area contributed by atoms with Crippen molar-refractivity contribution in [2.45, 2.75) is 18.9 Å². The lowest BCUT2D eigenvalue weighted by Gasteiger charge is -2.24. The number of nitrogens with one attached hydrogen (secondary N) is 1. The van der Waals surface area contributed by atoms with E-state index in [0.717, 1.165) is 25.9 Å². The van der Waals surface area contributed by atoms with E-state index in [-0.39, 0.29) is 24.1 Å². The van der Waals surface area contributed by atoms with Gasteiger partial charge in [0.05, 0.1) is 0 Å². The van der Waals surface area contributed by atoms with Crippen molar-refractivity contribution < 1.29 is 14.6 Å². The summed E-state index contributed by atoms with van der Waals surface area (Å²) < 4.78 is 5.73. The number of carbonyl (C=O) groups is 1. The Balaban J connectivity index is 0.00000144. The number of hydrogen-bond donors (Lipinski definition) is 2. The standard InChI is InChI=1S/C12H15NO3.ClH/c14-12(15)10-3-1-2-4-11(10)16-9-5-7-13-8-6-9;/h1-4,9,13H,5-8H2,(H,14,15);1H. The molecule has 17 heavy (non-hydrogen) atoms. The van der Waals surface area contributed by atoms with E-state index in [9.17, 15) is 4.79 Å². The van der Waals surface area contributed by atoms with E-state index in [1.54, 1.807) is 24.3 Å². The van der Waals surface area contributed by atoms with Crippen molar-refractivity contribution >= 4 is 18.4 Å². The van der Waals surface area contributed by atoms with Gasteiger partial charge in [-0.1, -0.05) is 12.1 Å². The Morgan fingerprint density at radius 3 is 2.59 bits per heavy atom. The van der Waals surface area contributed by atoms with Crippen LogP contribution >= 0.6 is 12.4 Å². The fourth-order valence-electron chi connectivity index (χ4n) is 1.84. The number of aromatic carboxylic acids is 1. The van der Waals surface area contributed by atoms with Gasteiger partial charge in [-0.25, -0.2) is 4.79 Å². The lowest BCUT2D eigenvalue weighted by Crippen LogP contribution is -2.34. The Bertz CT molecular complexity index is 378. The Morgan fingerprint density at radius 2 is 1.94 bits per heavy atom. The topological polar surface area (TPSA) is 58.6 Å². The Labute approximate surface area is 106 Å². The molecular formula is C12H16ClNO3. The molecule has 1 heterocycles. The van der Waals surface area contributed by atoms with Gasteiger partial charge < -0.3 is 15.2 Å². The van der Waals surface area contributed by atoms with Gasteiger partial charge in [-0.2, -0.15) is 0 Å². The fourth-order valence-corrected chi connectivity index (χ4v) is 1.84. The maximum Gasteiger partial charge on any atom is 0.339 e. The highest BCUT2D eigenvalue weighted by Gasteiger charge is 2.17. The molecule has 94 valence electrons. The molecule has 0 saturated carbocycles. The Morgan fingerprint density at radius 1 is 1.29 bits per heavy atom. The molecule has 0 atom stereocenters. The number of halogens is 1. The van der Waals surface area contributed by atoms with Crippen LogP contribution in [-0.2, 0) is 0 Å². The molecule has 4 nitrogen and oxygen atoms in total. The quantitative estimate of drug-likeness (QED) is 0.869. The summed E-state index contributed by atoms with van der Waals surface area (Å²) in [7, 11) is 0. The number of benzene rings is 1. The third-order valence-corrected chi connectivity index (χ3v) is 2.70. The molecule has 0 spiro atoms. The molecule has 0 unspecified atom stereocenters. The van der Waals surface area contributed by atoms with Crippen LogP contribution in [0.4, 0.5) is 0 Å². The second-order valence-electron chi connectivity index (χ2n) is 3.87. The average Bonchev–Trinajstić information content (AvgIpc) is 2.31. The zero-order valence-corrected chi connectivity index (χ0v) is 10.2. The van der Waals surface area contributed by atoms with Crippen LogP contribution in [0.25, 0.3) is 0 Å². The van der Waals surface area contributed by atoms with E-state index in [0.29, 0.717) is 5.75 Å².